The van der Waals surface area contributed by atoms with Crippen LogP contribution in [0.2, 0.25) is 0 Å². The second-order valence-electron chi connectivity index (χ2n) is 4.19. The number of anilines is 1. The smallest absolute Gasteiger partial charge is 0.335 e. The number of benzene rings is 1. The summed E-state index contributed by atoms with van der Waals surface area (Å²) in [7, 11) is 0. The molecule has 1 aliphatic rings. The first-order valence-corrected chi connectivity index (χ1v) is 7.18. The third kappa shape index (κ3) is 2.51. The molecule has 1 aromatic carbocycles. The first kappa shape index (κ1) is 13.0. The molecule has 0 spiro atoms. The van der Waals surface area contributed by atoms with Crippen molar-refractivity contribution >= 4 is 29.3 Å². The molecule has 1 aromatic rings. The van der Waals surface area contributed by atoms with Gasteiger partial charge in [0.25, 0.3) is 0 Å². The maximum atomic E-state index is 12.0. The maximum Gasteiger partial charge on any atom is 0.335 e. The van der Waals surface area contributed by atoms with Crippen LogP contribution in [-0.4, -0.2) is 35.5 Å². The number of fused-ring (bicyclic) bond motifs is 1. The lowest BCUT2D eigenvalue weighted by Gasteiger charge is -2.17. The summed E-state index contributed by atoms with van der Waals surface area (Å²) in [6.45, 7) is 0.658. The van der Waals surface area contributed by atoms with Crippen molar-refractivity contribution in [2.45, 2.75) is 12.8 Å². The predicted octanol–water partition coefficient (Wildman–Crippen LogP) is 2.03. The van der Waals surface area contributed by atoms with Gasteiger partial charge >= 0.3 is 5.97 Å². The molecule has 1 aliphatic heterocycles. The fourth-order valence-electron chi connectivity index (χ4n) is 2.10. The fraction of sp³-hybridized carbons (Fsp3) is 0.385. The van der Waals surface area contributed by atoms with Gasteiger partial charge in [-0.2, -0.15) is 11.8 Å². The van der Waals surface area contributed by atoms with E-state index in [1.54, 1.807) is 34.9 Å². The summed E-state index contributed by atoms with van der Waals surface area (Å²) in [4.78, 5) is 24.7. The Bertz CT molecular complexity index is 487. The Labute approximate surface area is 110 Å². The Balaban J connectivity index is 2.23. The molecule has 96 valence electrons. The topological polar surface area (TPSA) is 57.6 Å². The van der Waals surface area contributed by atoms with Gasteiger partial charge in [0.2, 0.25) is 5.91 Å². The van der Waals surface area contributed by atoms with Gasteiger partial charge in [-0.25, -0.2) is 4.79 Å². The molecule has 0 bridgehead atoms. The maximum absolute atomic E-state index is 12.0. The van der Waals surface area contributed by atoms with Crippen molar-refractivity contribution in [2.24, 2.45) is 0 Å². The molecule has 0 aromatic heterocycles. The molecule has 5 heteroatoms. The molecule has 4 nitrogen and oxygen atoms in total. The second-order valence-corrected chi connectivity index (χ2v) is 5.17. The highest BCUT2D eigenvalue weighted by Crippen LogP contribution is 2.29. The molecule has 0 aliphatic carbocycles. The van der Waals surface area contributed by atoms with Crippen LogP contribution in [0.3, 0.4) is 0 Å². The molecule has 2 rings (SSSR count). The highest BCUT2D eigenvalue weighted by atomic mass is 32.2. The molecule has 0 radical (unpaired) electrons. The molecular weight excluding hydrogens is 250 g/mol. The third-order valence-electron chi connectivity index (χ3n) is 3.05. The van der Waals surface area contributed by atoms with Crippen LogP contribution in [0.15, 0.2) is 18.2 Å². The number of carbonyl (C=O) groups is 2. The molecule has 0 saturated carbocycles. The number of hydrogen-bond donors (Lipinski definition) is 1. The minimum atomic E-state index is -0.957. The van der Waals surface area contributed by atoms with Crippen molar-refractivity contribution in [2.75, 3.05) is 23.5 Å². The molecule has 1 amide bonds. The summed E-state index contributed by atoms with van der Waals surface area (Å²) in [5, 5.41) is 8.98. The highest BCUT2D eigenvalue weighted by molar-refractivity contribution is 7.98. The van der Waals surface area contributed by atoms with Crippen LogP contribution in [0.1, 0.15) is 22.3 Å². The fourth-order valence-corrected chi connectivity index (χ4v) is 2.47. The average molecular weight is 265 g/mol. The number of carbonyl (C=O) groups excluding carboxylic acids is 1. The Morgan fingerprint density at radius 1 is 1.44 bits per heavy atom. The second kappa shape index (κ2) is 5.44. The molecule has 1 heterocycles. The summed E-state index contributed by atoms with van der Waals surface area (Å²) in [5.74, 6) is -0.0876. The van der Waals surface area contributed by atoms with E-state index in [0.717, 1.165) is 23.4 Å². The summed E-state index contributed by atoms with van der Waals surface area (Å²) in [5.41, 5.74) is 2.05. The number of hydrogen-bond acceptors (Lipinski definition) is 3. The summed E-state index contributed by atoms with van der Waals surface area (Å²) < 4.78 is 0. The Morgan fingerprint density at radius 2 is 2.22 bits per heavy atom. The van der Waals surface area contributed by atoms with E-state index in [1.807, 2.05) is 6.26 Å². The first-order chi connectivity index (χ1) is 8.63. The predicted molar refractivity (Wildman–Crippen MR) is 72.5 cm³/mol. The lowest BCUT2D eigenvalue weighted by Crippen LogP contribution is -2.29. The van der Waals surface area contributed by atoms with E-state index in [1.165, 1.54) is 0 Å². The lowest BCUT2D eigenvalue weighted by atomic mass is 10.1. The number of nitrogens with zero attached hydrogens (tertiary/aromatic N) is 1. The van der Waals surface area contributed by atoms with Gasteiger partial charge in [-0.3, -0.25) is 4.79 Å². The largest absolute Gasteiger partial charge is 0.478 e. The van der Waals surface area contributed by atoms with E-state index in [4.69, 9.17) is 5.11 Å². The van der Waals surface area contributed by atoms with E-state index in [0.29, 0.717) is 13.0 Å². The minimum absolute atomic E-state index is 0.0747. The average Bonchev–Trinajstić information content (AvgIpc) is 2.78. The van der Waals surface area contributed by atoms with Gasteiger partial charge in [0, 0.05) is 24.4 Å². The number of carboxylic acid groups (broad SMARTS) is 1. The zero-order chi connectivity index (χ0) is 13.1. The SMILES string of the molecule is CSCCC(=O)N1CCc2ccc(C(=O)O)cc21. The Kier molecular flexibility index (Phi) is 3.91. The molecule has 18 heavy (non-hydrogen) atoms. The van der Waals surface area contributed by atoms with E-state index in [-0.39, 0.29) is 11.5 Å². The van der Waals surface area contributed by atoms with Gasteiger partial charge < -0.3 is 10.0 Å². The first-order valence-electron chi connectivity index (χ1n) is 5.79. The molecule has 1 N–H and O–H groups in total. The van der Waals surface area contributed by atoms with Crippen LogP contribution in [-0.2, 0) is 11.2 Å². The highest BCUT2D eigenvalue weighted by Gasteiger charge is 2.25. The third-order valence-corrected chi connectivity index (χ3v) is 3.66. The normalized spacial score (nSPS) is 13.5. The summed E-state index contributed by atoms with van der Waals surface area (Å²) in [6, 6.07) is 5.00. The van der Waals surface area contributed by atoms with Crippen LogP contribution in [0.25, 0.3) is 0 Å². The van der Waals surface area contributed by atoms with E-state index >= 15 is 0 Å². The van der Waals surface area contributed by atoms with Crippen molar-refractivity contribution in [3.8, 4) is 0 Å². The number of thioether (sulfide) groups is 1. The van der Waals surface area contributed by atoms with Crippen LogP contribution < -0.4 is 4.90 Å². The summed E-state index contributed by atoms with van der Waals surface area (Å²) in [6.07, 6.45) is 3.27. The zero-order valence-corrected chi connectivity index (χ0v) is 11.0. The van der Waals surface area contributed by atoms with Crippen LogP contribution in [0, 0.1) is 0 Å². The van der Waals surface area contributed by atoms with Crippen LogP contribution >= 0.6 is 11.8 Å². The van der Waals surface area contributed by atoms with Gasteiger partial charge in [-0.15, -0.1) is 0 Å². The van der Waals surface area contributed by atoms with Crippen molar-refractivity contribution in [1.29, 1.82) is 0 Å². The zero-order valence-electron chi connectivity index (χ0n) is 10.2. The molecule has 0 fully saturated rings. The monoisotopic (exact) mass is 265 g/mol. The van der Waals surface area contributed by atoms with Crippen LogP contribution in [0.5, 0.6) is 0 Å². The number of rotatable bonds is 4. The molecule has 0 saturated heterocycles. The van der Waals surface area contributed by atoms with E-state index in [9.17, 15) is 9.59 Å². The van der Waals surface area contributed by atoms with Gasteiger partial charge in [0.1, 0.15) is 0 Å². The minimum Gasteiger partial charge on any atom is -0.478 e. The van der Waals surface area contributed by atoms with Gasteiger partial charge in [0.15, 0.2) is 0 Å². The number of aromatic carboxylic acids is 1. The number of amides is 1. The lowest BCUT2D eigenvalue weighted by molar-refractivity contribution is -0.118. The Hall–Kier alpha value is -1.49. The van der Waals surface area contributed by atoms with Crippen molar-refractivity contribution in [3.05, 3.63) is 29.3 Å². The molecule has 0 unspecified atom stereocenters. The van der Waals surface area contributed by atoms with Gasteiger partial charge in [-0.1, -0.05) is 6.07 Å². The molecule has 0 atom stereocenters. The quantitative estimate of drug-likeness (QED) is 0.905. The van der Waals surface area contributed by atoms with E-state index < -0.39 is 5.97 Å². The van der Waals surface area contributed by atoms with E-state index in [2.05, 4.69) is 0 Å². The van der Waals surface area contributed by atoms with Crippen LogP contribution in [0.4, 0.5) is 5.69 Å². The standard InChI is InChI=1S/C13H15NO3S/c1-18-7-5-12(15)14-6-4-9-2-3-10(13(16)17)8-11(9)14/h2-3,8H,4-7H2,1H3,(H,16,17). The summed E-state index contributed by atoms with van der Waals surface area (Å²) >= 11 is 1.64. The van der Waals surface area contributed by atoms with Crippen molar-refractivity contribution < 1.29 is 14.7 Å². The van der Waals surface area contributed by atoms with Crippen molar-refractivity contribution in [3.63, 3.8) is 0 Å². The van der Waals surface area contributed by atoms with Crippen molar-refractivity contribution in [1.82, 2.24) is 0 Å². The Morgan fingerprint density at radius 3 is 2.89 bits per heavy atom. The van der Waals surface area contributed by atoms with Gasteiger partial charge in [-0.05, 0) is 30.4 Å². The van der Waals surface area contributed by atoms with Gasteiger partial charge in [0.05, 0.1) is 5.56 Å². The molecular formula is C13H15NO3S. The number of carboxylic acids is 1.